The van der Waals surface area contributed by atoms with Crippen molar-refractivity contribution in [1.82, 2.24) is 4.90 Å². The number of likely N-dealkylation sites (tertiary alicyclic amines) is 1. The summed E-state index contributed by atoms with van der Waals surface area (Å²) in [6, 6.07) is 0. The van der Waals surface area contributed by atoms with Crippen molar-refractivity contribution in [3.63, 3.8) is 0 Å². The van der Waals surface area contributed by atoms with E-state index in [2.05, 4.69) is 63.7 Å². The number of carboxylic acids is 1. The zero-order valence-corrected chi connectivity index (χ0v) is 16.4. The Morgan fingerprint density at radius 2 is 1.30 bits per heavy atom. The lowest BCUT2D eigenvalue weighted by molar-refractivity contribution is 0.0679. The number of aromatic carboxylic acids is 1. The van der Waals surface area contributed by atoms with E-state index in [1.54, 1.807) is 4.90 Å². The highest BCUT2D eigenvalue weighted by molar-refractivity contribution is 9.15. The van der Waals surface area contributed by atoms with Crippen molar-refractivity contribution >= 4 is 75.6 Å². The number of halogens is 4. The summed E-state index contributed by atoms with van der Waals surface area (Å²) >= 11 is 13.2. The van der Waals surface area contributed by atoms with Crippen molar-refractivity contribution < 1.29 is 14.7 Å². The van der Waals surface area contributed by atoms with E-state index in [0.29, 0.717) is 31.0 Å². The van der Waals surface area contributed by atoms with Gasteiger partial charge in [0.1, 0.15) is 0 Å². The molecule has 108 valence electrons. The average molecular weight is 535 g/mol. The minimum Gasteiger partial charge on any atom is -0.478 e. The molecule has 1 heterocycles. The van der Waals surface area contributed by atoms with Crippen LogP contribution < -0.4 is 0 Å². The highest BCUT2D eigenvalue weighted by Crippen LogP contribution is 2.42. The van der Waals surface area contributed by atoms with E-state index in [0.717, 1.165) is 12.8 Å². The molecule has 0 saturated carbocycles. The monoisotopic (exact) mass is 531 g/mol. The molecule has 1 aromatic rings. The number of hydrogen-bond acceptors (Lipinski definition) is 2. The molecule has 0 aromatic heterocycles. The summed E-state index contributed by atoms with van der Waals surface area (Å²) in [6.45, 7) is 1.32. The fourth-order valence-corrected chi connectivity index (χ4v) is 4.57. The van der Waals surface area contributed by atoms with Crippen LogP contribution in [0.4, 0.5) is 0 Å². The Morgan fingerprint density at radius 1 is 0.850 bits per heavy atom. The van der Waals surface area contributed by atoms with E-state index in [1.807, 2.05) is 0 Å². The molecule has 8 heteroatoms. The van der Waals surface area contributed by atoms with Gasteiger partial charge in [-0.2, -0.15) is 0 Å². The molecule has 0 radical (unpaired) electrons. The standard InChI is InChI=1S/C12H9Br4NO3/c13-7-5(11(18)17-3-1-2-4-17)6(12(19)20)8(14)10(16)9(7)15/h1-4H2,(H,19,20). The molecule has 1 saturated heterocycles. The third-order valence-corrected chi connectivity index (χ3v) is 7.86. The van der Waals surface area contributed by atoms with Crippen molar-refractivity contribution in [2.45, 2.75) is 12.8 Å². The maximum absolute atomic E-state index is 12.6. The smallest absolute Gasteiger partial charge is 0.337 e. The molecule has 1 N–H and O–H groups in total. The summed E-state index contributed by atoms with van der Waals surface area (Å²) in [5.41, 5.74) is 0.130. The Hall–Kier alpha value is 0.0800. The zero-order chi connectivity index (χ0) is 15.0. The van der Waals surface area contributed by atoms with Crippen LogP contribution >= 0.6 is 63.7 Å². The third-order valence-electron chi connectivity index (χ3n) is 3.09. The van der Waals surface area contributed by atoms with Crippen LogP contribution in [0.25, 0.3) is 0 Å². The van der Waals surface area contributed by atoms with Crippen molar-refractivity contribution in [3.05, 3.63) is 29.0 Å². The number of carboxylic acid groups (broad SMARTS) is 1. The molecule has 1 fully saturated rings. The highest BCUT2D eigenvalue weighted by Gasteiger charge is 2.31. The van der Waals surface area contributed by atoms with Gasteiger partial charge < -0.3 is 10.0 Å². The number of hydrogen-bond donors (Lipinski definition) is 1. The average Bonchev–Trinajstić information content (AvgIpc) is 2.93. The number of amides is 1. The fourth-order valence-electron chi connectivity index (χ4n) is 2.11. The lowest BCUT2D eigenvalue weighted by Crippen LogP contribution is -2.30. The Labute approximate surface area is 149 Å². The Morgan fingerprint density at radius 3 is 1.75 bits per heavy atom. The number of carbonyl (C=O) groups excluding carboxylic acids is 1. The quantitative estimate of drug-likeness (QED) is 0.443. The third kappa shape index (κ3) is 2.84. The first kappa shape index (κ1) is 16.5. The fraction of sp³-hybridized carbons (Fsp3) is 0.333. The van der Waals surface area contributed by atoms with Crippen LogP contribution in [0.1, 0.15) is 33.6 Å². The van der Waals surface area contributed by atoms with E-state index >= 15 is 0 Å². The number of rotatable bonds is 2. The summed E-state index contributed by atoms with van der Waals surface area (Å²) in [5, 5.41) is 9.42. The van der Waals surface area contributed by atoms with Crippen molar-refractivity contribution in [2.24, 2.45) is 0 Å². The summed E-state index contributed by atoms with van der Waals surface area (Å²) in [7, 11) is 0. The minimum absolute atomic E-state index is 0.0381. The molecule has 2 rings (SSSR count). The number of nitrogens with zero attached hydrogens (tertiary/aromatic N) is 1. The second-order valence-electron chi connectivity index (χ2n) is 4.31. The van der Waals surface area contributed by atoms with E-state index < -0.39 is 5.97 Å². The van der Waals surface area contributed by atoms with Crippen LogP contribution in [-0.2, 0) is 0 Å². The molecule has 1 amide bonds. The Balaban J connectivity index is 2.67. The molecule has 0 aliphatic carbocycles. The van der Waals surface area contributed by atoms with Gasteiger partial charge in [-0.3, -0.25) is 4.79 Å². The van der Waals surface area contributed by atoms with Gasteiger partial charge in [0.05, 0.1) is 11.1 Å². The Kier molecular flexibility index (Phi) is 5.31. The normalized spacial score (nSPS) is 14.7. The first-order valence-electron chi connectivity index (χ1n) is 5.74. The van der Waals surface area contributed by atoms with E-state index in [-0.39, 0.29) is 17.0 Å². The van der Waals surface area contributed by atoms with Gasteiger partial charge in [0.2, 0.25) is 0 Å². The second kappa shape index (κ2) is 6.46. The molecule has 0 spiro atoms. The van der Waals surface area contributed by atoms with Crippen LogP contribution in [0.3, 0.4) is 0 Å². The molecule has 1 aliphatic rings. The molecule has 0 bridgehead atoms. The van der Waals surface area contributed by atoms with Gasteiger partial charge >= 0.3 is 5.97 Å². The van der Waals surface area contributed by atoms with E-state index in [1.165, 1.54) is 0 Å². The van der Waals surface area contributed by atoms with Gasteiger partial charge in [0.15, 0.2) is 0 Å². The molecule has 4 nitrogen and oxygen atoms in total. The molecule has 1 aliphatic heterocycles. The molecule has 20 heavy (non-hydrogen) atoms. The van der Waals surface area contributed by atoms with Crippen LogP contribution in [-0.4, -0.2) is 35.0 Å². The lowest BCUT2D eigenvalue weighted by atomic mass is 10.1. The van der Waals surface area contributed by atoms with Gasteiger partial charge in [-0.15, -0.1) is 0 Å². The molecular formula is C12H9Br4NO3. The van der Waals surface area contributed by atoms with Crippen molar-refractivity contribution in [1.29, 1.82) is 0 Å². The van der Waals surface area contributed by atoms with Gasteiger partial charge in [-0.1, -0.05) is 0 Å². The molecule has 1 aromatic carbocycles. The summed E-state index contributed by atoms with van der Waals surface area (Å²) in [4.78, 5) is 25.8. The van der Waals surface area contributed by atoms with Crippen LogP contribution in [0, 0.1) is 0 Å². The van der Waals surface area contributed by atoms with E-state index in [9.17, 15) is 14.7 Å². The first-order valence-corrected chi connectivity index (χ1v) is 8.92. The van der Waals surface area contributed by atoms with Gasteiger partial charge in [0, 0.05) is 31.0 Å². The molecule has 0 unspecified atom stereocenters. The van der Waals surface area contributed by atoms with Crippen LogP contribution in [0.2, 0.25) is 0 Å². The van der Waals surface area contributed by atoms with Crippen LogP contribution in [0.5, 0.6) is 0 Å². The topological polar surface area (TPSA) is 57.6 Å². The summed E-state index contributed by atoms with van der Waals surface area (Å²) < 4.78 is 1.96. The van der Waals surface area contributed by atoms with Crippen LogP contribution in [0.15, 0.2) is 17.9 Å². The number of carbonyl (C=O) groups is 2. The largest absolute Gasteiger partial charge is 0.478 e. The summed E-state index contributed by atoms with van der Waals surface area (Å²) in [6.07, 6.45) is 1.90. The first-order chi connectivity index (χ1) is 9.36. The zero-order valence-electron chi connectivity index (χ0n) is 10.1. The van der Waals surface area contributed by atoms with Crippen molar-refractivity contribution in [2.75, 3.05) is 13.1 Å². The van der Waals surface area contributed by atoms with Gasteiger partial charge in [-0.25, -0.2) is 4.79 Å². The van der Waals surface area contributed by atoms with E-state index in [4.69, 9.17) is 0 Å². The van der Waals surface area contributed by atoms with Gasteiger partial charge in [-0.05, 0) is 76.6 Å². The minimum atomic E-state index is -1.15. The highest BCUT2D eigenvalue weighted by atomic mass is 79.9. The maximum Gasteiger partial charge on any atom is 0.337 e. The summed E-state index contributed by atoms with van der Waals surface area (Å²) in [5.74, 6) is -1.41. The Bertz CT molecular complexity index is 597. The number of benzene rings is 1. The predicted molar refractivity (Wildman–Crippen MR) is 89.3 cm³/mol. The predicted octanol–water partition coefficient (Wildman–Crippen LogP) is 4.67. The second-order valence-corrected chi connectivity index (χ2v) is 7.48. The van der Waals surface area contributed by atoms with Gasteiger partial charge in [0.25, 0.3) is 5.91 Å². The van der Waals surface area contributed by atoms with Crippen molar-refractivity contribution in [3.8, 4) is 0 Å². The molecule has 0 atom stereocenters. The maximum atomic E-state index is 12.6. The SMILES string of the molecule is O=C(O)c1c(Br)c(Br)c(Br)c(Br)c1C(=O)N1CCCC1. The molecular weight excluding hydrogens is 526 g/mol. The lowest BCUT2D eigenvalue weighted by Gasteiger charge is -2.20.